The average molecular weight is 360 g/mol. The van der Waals surface area contributed by atoms with Gasteiger partial charge in [0.1, 0.15) is 11.6 Å². The maximum absolute atomic E-state index is 13.5. The predicted molar refractivity (Wildman–Crippen MR) is 73.8 cm³/mol. The van der Waals surface area contributed by atoms with Crippen molar-refractivity contribution < 1.29 is 23.2 Å². The molecular formula is C13H8BrF2NO4. The summed E-state index contributed by atoms with van der Waals surface area (Å²) in [6.45, 7) is 0. The summed E-state index contributed by atoms with van der Waals surface area (Å²) in [6.07, 6.45) is 0. The molecular weight excluding hydrogens is 352 g/mol. The van der Waals surface area contributed by atoms with Crippen molar-refractivity contribution in [2.75, 3.05) is 7.11 Å². The number of nitrogens with zero attached hydrogens (tertiary/aromatic N) is 1. The fraction of sp³-hybridized carbons (Fsp3) is 0.0769. The van der Waals surface area contributed by atoms with E-state index in [9.17, 15) is 18.9 Å². The summed E-state index contributed by atoms with van der Waals surface area (Å²) < 4.78 is 36.8. The molecule has 0 saturated heterocycles. The Kier molecular flexibility index (Phi) is 4.37. The molecule has 2 aromatic rings. The van der Waals surface area contributed by atoms with E-state index in [1.54, 1.807) is 0 Å². The molecule has 0 radical (unpaired) electrons. The smallest absolute Gasteiger partial charge is 0.314 e. The molecule has 0 aromatic heterocycles. The maximum atomic E-state index is 13.5. The molecule has 0 heterocycles. The molecule has 110 valence electrons. The number of ether oxygens (including phenoxy) is 2. The van der Waals surface area contributed by atoms with E-state index in [0.29, 0.717) is 6.07 Å². The second-order valence-electron chi connectivity index (χ2n) is 3.89. The van der Waals surface area contributed by atoms with Gasteiger partial charge in [-0.15, -0.1) is 0 Å². The first-order chi connectivity index (χ1) is 9.92. The lowest BCUT2D eigenvalue weighted by molar-refractivity contribution is -0.385. The Morgan fingerprint density at radius 2 is 1.86 bits per heavy atom. The van der Waals surface area contributed by atoms with Gasteiger partial charge in [-0.05, 0) is 34.1 Å². The molecule has 0 unspecified atom stereocenters. The monoisotopic (exact) mass is 359 g/mol. The molecule has 8 heteroatoms. The van der Waals surface area contributed by atoms with Gasteiger partial charge in [-0.25, -0.2) is 8.78 Å². The van der Waals surface area contributed by atoms with Crippen LogP contribution in [0.4, 0.5) is 14.5 Å². The molecule has 0 saturated carbocycles. The number of methoxy groups -OCH3 is 1. The lowest BCUT2D eigenvalue weighted by Gasteiger charge is -2.09. The highest BCUT2D eigenvalue weighted by molar-refractivity contribution is 9.10. The van der Waals surface area contributed by atoms with E-state index < -0.39 is 22.2 Å². The average Bonchev–Trinajstić information content (AvgIpc) is 2.44. The molecule has 0 N–H and O–H groups in total. The van der Waals surface area contributed by atoms with Crippen LogP contribution in [0.5, 0.6) is 17.2 Å². The summed E-state index contributed by atoms with van der Waals surface area (Å²) in [7, 11) is 1.22. The summed E-state index contributed by atoms with van der Waals surface area (Å²) >= 11 is 2.97. The first kappa shape index (κ1) is 15.2. The van der Waals surface area contributed by atoms with Crippen LogP contribution in [0.2, 0.25) is 0 Å². The van der Waals surface area contributed by atoms with Crippen molar-refractivity contribution in [2.24, 2.45) is 0 Å². The molecule has 2 aromatic carbocycles. The number of rotatable bonds is 4. The summed E-state index contributed by atoms with van der Waals surface area (Å²) in [4.78, 5) is 10.2. The molecule has 21 heavy (non-hydrogen) atoms. The van der Waals surface area contributed by atoms with Crippen LogP contribution in [-0.4, -0.2) is 12.0 Å². The van der Waals surface area contributed by atoms with Crippen molar-refractivity contribution in [3.05, 3.63) is 56.6 Å². The van der Waals surface area contributed by atoms with Crippen molar-refractivity contribution in [2.45, 2.75) is 0 Å². The van der Waals surface area contributed by atoms with Crippen LogP contribution >= 0.6 is 15.9 Å². The Labute approximate surface area is 126 Å². The van der Waals surface area contributed by atoms with Crippen molar-refractivity contribution in [3.8, 4) is 17.2 Å². The molecule has 0 atom stereocenters. The Balaban J connectivity index is 2.46. The molecule has 5 nitrogen and oxygen atoms in total. The van der Waals surface area contributed by atoms with Gasteiger partial charge in [0.2, 0.25) is 5.75 Å². The highest BCUT2D eigenvalue weighted by Gasteiger charge is 2.21. The number of hydrogen-bond donors (Lipinski definition) is 0. The molecule has 0 spiro atoms. The van der Waals surface area contributed by atoms with Crippen LogP contribution in [0.15, 0.2) is 34.8 Å². The van der Waals surface area contributed by atoms with Gasteiger partial charge in [0.25, 0.3) is 0 Å². The summed E-state index contributed by atoms with van der Waals surface area (Å²) in [5.41, 5.74) is -0.561. The van der Waals surface area contributed by atoms with Crippen LogP contribution < -0.4 is 9.47 Å². The Morgan fingerprint density at radius 1 is 1.14 bits per heavy atom. The minimum Gasteiger partial charge on any atom is -0.494 e. The summed E-state index contributed by atoms with van der Waals surface area (Å²) in [5, 5.41) is 10.9. The van der Waals surface area contributed by atoms with Gasteiger partial charge in [-0.1, -0.05) is 0 Å². The first-order valence-electron chi connectivity index (χ1n) is 5.57. The standard InChI is InChI=1S/C13H8BrF2NO4/c1-20-12-6-13(11(17(18)19)5-10(12)16)21-7-2-3-9(15)8(14)4-7/h2-6H,1H3. The summed E-state index contributed by atoms with van der Waals surface area (Å²) in [6, 6.07) is 5.48. The zero-order chi connectivity index (χ0) is 15.6. The zero-order valence-corrected chi connectivity index (χ0v) is 12.2. The van der Waals surface area contributed by atoms with Crippen molar-refractivity contribution in [3.63, 3.8) is 0 Å². The quantitative estimate of drug-likeness (QED) is 0.598. The third-order valence-electron chi connectivity index (χ3n) is 2.55. The summed E-state index contributed by atoms with van der Waals surface area (Å²) in [5.74, 6) is -1.64. The Morgan fingerprint density at radius 3 is 2.43 bits per heavy atom. The minimum absolute atomic E-state index is 0.136. The van der Waals surface area contributed by atoms with Gasteiger partial charge in [0.15, 0.2) is 11.6 Å². The highest BCUT2D eigenvalue weighted by Crippen LogP contribution is 2.37. The maximum Gasteiger partial charge on any atom is 0.314 e. The van der Waals surface area contributed by atoms with E-state index in [-0.39, 0.29) is 21.7 Å². The van der Waals surface area contributed by atoms with Gasteiger partial charge in [-0.2, -0.15) is 0 Å². The Bertz CT molecular complexity index is 709. The molecule has 0 aliphatic carbocycles. The van der Waals surface area contributed by atoms with E-state index >= 15 is 0 Å². The third-order valence-corrected chi connectivity index (χ3v) is 3.16. The van der Waals surface area contributed by atoms with Crippen molar-refractivity contribution in [1.29, 1.82) is 0 Å². The van der Waals surface area contributed by atoms with Crippen LogP contribution in [0.25, 0.3) is 0 Å². The Hall–Kier alpha value is -2.22. The van der Waals surface area contributed by atoms with E-state index in [1.807, 2.05) is 0 Å². The second-order valence-corrected chi connectivity index (χ2v) is 4.74. The van der Waals surface area contributed by atoms with E-state index in [4.69, 9.17) is 9.47 Å². The van der Waals surface area contributed by atoms with E-state index in [1.165, 1.54) is 19.2 Å². The molecule has 0 aliphatic rings. The second kappa shape index (κ2) is 6.04. The number of benzene rings is 2. The van der Waals surface area contributed by atoms with Crippen LogP contribution in [0.3, 0.4) is 0 Å². The number of nitro benzene ring substituents is 1. The van der Waals surface area contributed by atoms with Crippen molar-refractivity contribution in [1.82, 2.24) is 0 Å². The molecule has 0 aliphatic heterocycles. The third kappa shape index (κ3) is 3.27. The zero-order valence-electron chi connectivity index (χ0n) is 10.6. The highest BCUT2D eigenvalue weighted by atomic mass is 79.9. The van der Waals surface area contributed by atoms with Gasteiger partial charge in [0.05, 0.1) is 22.6 Å². The van der Waals surface area contributed by atoms with Gasteiger partial charge < -0.3 is 9.47 Å². The van der Waals surface area contributed by atoms with Crippen LogP contribution in [-0.2, 0) is 0 Å². The van der Waals surface area contributed by atoms with Crippen LogP contribution in [0, 0.1) is 21.7 Å². The number of hydrogen-bond acceptors (Lipinski definition) is 4. The predicted octanol–water partition coefficient (Wildman–Crippen LogP) is 4.44. The molecule has 0 bridgehead atoms. The lowest BCUT2D eigenvalue weighted by atomic mass is 10.2. The topological polar surface area (TPSA) is 61.6 Å². The first-order valence-corrected chi connectivity index (χ1v) is 6.36. The minimum atomic E-state index is -0.878. The molecule has 2 rings (SSSR count). The van der Waals surface area contributed by atoms with Gasteiger partial charge >= 0.3 is 5.69 Å². The fourth-order valence-corrected chi connectivity index (χ4v) is 1.93. The SMILES string of the molecule is COc1cc(Oc2ccc(F)c(Br)c2)c([N+](=O)[O-])cc1F. The molecule has 0 amide bonds. The largest absolute Gasteiger partial charge is 0.494 e. The lowest BCUT2D eigenvalue weighted by Crippen LogP contribution is -1.97. The van der Waals surface area contributed by atoms with E-state index in [2.05, 4.69) is 15.9 Å². The normalized spacial score (nSPS) is 10.3. The number of halogens is 3. The molecule has 0 fully saturated rings. The van der Waals surface area contributed by atoms with Gasteiger partial charge in [-0.3, -0.25) is 10.1 Å². The fourth-order valence-electron chi connectivity index (χ4n) is 1.57. The van der Waals surface area contributed by atoms with Crippen molar-refractivity contribution >= 4 is 21.6 Å². The number of nitro groups is 1. The van der Waals surface area contributed by atoms with Gasteiger partial charge in [0, 0.05) is 6.07 Å². The van der Waals surface area contributed by atoms with E-state index in [0.717, 1.165) is 12.1 Å². The van der Waals surface area contributed by atoms with Crippen LogP contribution in [0.1, 0.15) is 0 Å².